The summed E-state index contributed by atoms with van der Waals surface area (Å²) in [7, 11) is 1.81. The van der Waals surface area contributed by atoms with Gasteiger partial charge in [0.25, 0.3) is 0 Å². The van der Waals surface area contributed by atoms with Gasteiger partial charge in [-0.15, -0.1) is 0 Å². The number of ether oxygens (including phenoxy) is 1. The first-order valence-corrected chi connectivity index (χ1v) is 5.19. The maximum absolute atomic E-state index is 9.33. The van der Waals surface area contributed by atoms with Crippen molar-refractivity contribution in [3.8, 4) is 6.07 Å². The number of nitrogens with zero attached hydrogens (tertiary/aromatic N) is 3. The molecule has 0 radical (unpaired) electrons. The molecule has 1 aromatic heterocycles. The summed E-state index contributed by atoms with van der Waals surface area (Å²) in [5.74, 6) is 0. The van der Waals surface area contributed by atoms with Gasteiger partial charge in [-0.05, 0) is 20.8 Å². The highest BCUT2D eigenvalue weighted by Gasteiger charge is 2.21. The molecule has 3 unspecified atom stereocenters. The van der Waals surface area contributed by atoms with Crippen LogP contribution in [0.3, 0.4) is 0 Å². The normalized spacial score (nSPS) is 16.5. The second-order valence-corrected chi connectivity index (χ2v) is 3.90. The van der Waals surface area contributed by atoms with Gasteiger partial charge in [0, 0.05) is 18.3 Å². The monoisotopic (exact) mass is 223 g/mol. The lowest BCUT2D eigenvalue weighted by atomic mass is 10.1. The number of aryl methyl sites for hydroxylation is 1. The molecule has 16 heavy (non-hydrogen) atoms. The number of rotatable bonds is 4. The van der Waals surface area contributed by atoms with Crippen molar-refractivity contribution in [2.75, 3.05) is 0 Å². The molecule has 88 valence electrons. The highest BCUT2D eigenvalue weighted by molar-refractivity contribution is 5.23. The Labute approximate surface area is 95.3 Å². The zero-order valence-electron chi connectivity index (χ0n) is 10.0. The van der Waals surface area contributed by atoms with Crippen molar-refractivity contribution in [3.05, 3.63) is 17.5 Å². The molecule has 0 spiro atoms. The van der Waals surface area contributed by atoms with E-state index in [2.05, 4.69) is 11.2 Å². The molecule has 0 saturated heterocycles. The van der Waals surface area contributed by atoms with Crippen LogP contribution in [0.5, 0.6) is 0 Å². The Morgan fingerprint density at radius 2 is 2.19 bits per heavy atom. The highest BCUT2D eigenvalue weighted by atomic mass is 16.5. The molecule has 1 aromatic rings. The third kappa shape index (κ3) is 2.60. The molecule has 5 nitrogen and oxygen atoms in total. The van der Waals surface area contributed by atoms with Crippen molar-refractivity contribution in [3.63, 3.8) is 0 Å². The van der Waals surface area contributed by atoms with Gasteiger partial charge in [0.1, 0.15) is 0 Å². The minimum atomic E-state index is -0.682. The Balaban J connectivity index is 2.84. The summed E-state index contributed by atoms with van der Waals surface area (Å²) >= 11 is 0. The zero-order valence-corrected chi connectivity index (χ0v) is 10.0. The smallest absolute Gasteiger partial charge is 0.172 e. The molecule has 0 fully saturated rings. The summed E-state index contributed by atoms with van der Waals surface area (Å²) < 4.78 is 7.17. The van der Waals surface area contributed by atoms with Gasteiger partial charge in [0.2, 0.25) is 0 Å². The van der Waals surface area contributed by atoms with Crippen molar-refractivity contribution < 1.29 is 9.84 Å². The lowest BCUT2D eigenvalue weighted by Gasteiger charge is -2.19. The molecule has 1 N–H and O–H groups in total. The van der Waals surface area contributed by atoms with Gasteiger partial charge in [-0.3, -0.25) is 4.68 Å². The van der Waals surface area contributed by atoms with Crippen LogP contribution in [0.15, 0.2) is 6.20 Å². The lowest BCUT2D eigenvalue weighted by Crippen LogP contribution is -2.24. The van der Waals surface area contributed by atoms with Crippen molar-refractivity contribution in [2.24, 2.45) is 7.05 Å². The van der Waals surface area contributed by atoms with Crippen LogP contribution in [0.2, 0.25) is 0 Å². The molecule has 1 rings (SSSR count). The third-order valence-electron chi connectivity index (χ3n) is 2.70. The van der Waals surface area contributed by atoms with E-state index >= 15 is 0 Å². The van der Waals surface area contributed by atoms with Crippen LogP contribution in [0.1, 0.15) is 31.2 Å². The maximum atomic E-state index is 9.33. The van der Waals surface area contributed by atoms with Crippen LogP contribution in [0.25, 0.3) is 0 Å². The van der Waals surface area contributed by atoms with Crippen LogP contribution in [0, 0.1) is 18.3 Å². The SMILES string of the molecule is Cc1c(C(C#N)OC(C)C(C)O)cnn1C. The highest BCUT2D eigenvalue weighted by Crippen LogP contribution is 2.22. The second kappa shape index (κ2) is 5.10. The number of hydrogen-bond acceptors (Lipinski definition) is 4. The van der Waals surface area contributed by atoms with Gasteiger partial charge in [-0.2, -0.15) is 10.4 Å². The predicted molar refractivity (Wildman–Crippen MR) is 58.5 cm³/mol. The lowest BCUT2D eigenvalue weighted by molar-refractivity contribution is -0.0428. The molecule has 1 heterocycles. The van der Waals surface area contributed by atoms with Gasteiger partial charge in [-0.25, -0.2) is 0 Å². The average molecular weight is 223 g/mol. The van der Waals surface area contributed by atoms with Gasteiger partial charge in [0.15, 0.2) is 6.10 Å². The van der Waals surface area contributed by atoms with Crippen LogP contribution in [0.4, 0.5) is 0 Å². The topological polar surface area (TPSA) is 71.1 Å². The fourth-order valence-corrected chi connectivity index (χ4v) is 1.27. The number of aliphatic hydroxyl groups excluding tert-OH is 1. The van der Waals surface area contributed by atoms with Crippen molar-refractivity contribution >= 4 is 0 Å². The fourth-order valence-electron chi connectivity index (χ4n) is 1.27. The van der Waals surface area contributed by atoms with E-state index in [1.165, 1.54) is 0 Å². The predicted octanol–water partition coefficient (Wildman–Crippen LogP) is 1.08. The van der Waals surface area contributed by atoms with E-state index in [1.54, 1.807) is 24.7 Å². The third-order valence-corrected chi connectivity index (χ3v) is 2.70. The van der Waals surface area contributed by atoms with E-state index in [-0.39, 0.29) is 6.10 Å². The molecular weight excluding hydrogens is 206 g/mol. The molecule has 0 saturated carbocycles. The Hall–Kier alpha value is -1.38. The van der Waals surface area contributed by atoms with Gasteiger partial charge >= 0.3 is 0 Å². The second-order valence-electron chi connectivity index (χ2n) is 3.90. The van der Waals surface area contributed by atoms with Crippen LogP contribution >= 0.6 is 0 Å². The van der Waals surface area contributed by atoms with Crippen molar-refractivity contribution in [1.29, 1.82) is 5.26 Å². The standard InChI is InChI=1S/C11H17N3O2/c1-7-10(6-13-14(7)4)11(5-12)16-9(3)8(2)15/h6,8-9,11,15H,1-4H3. The zero-order chi connectivity index (χ0) is 12.3. The quantitative estimate of drug-likeness (QED) is 0.829. The summed E-state index contributed by atoms with van der Waals surface area (Å²) in [6, 6.07) is 2.07. The Bertz CT molecular complexity index is 392. The molecular formula is C11H17N3O2. The summed E-state index contributed by atoms with van der Waals surface area (Å²) in [5.41, 5.74) is 1.64. The van der Waals surface area contributed by atoms with Gasteiger partial charge in [-0.1, -0.05) is 0 Å². The Morgan fingerprint density at radius 1 is 1.56 bits per heavy atom. The first kappa shape index (κ1) is 12.7. The molecule has 0 aliphatic carbocycles. The summed E-state index contributed by atoms with van der Waals surface area (Å²) in [6.07, 6.45) is -0.0479. The molecule has 0 amide bonds. The molecule has 0 aliphatic heterocycles. The number of hydrogen-bond donors (Lipinski definition) is 1. The van der Waals surface area contributed by atoms with Crippen molar-refractivity contribution in [2.45, 2.75) is 39.1 Å². The summed E-state index contributed by atoms with van der Waals surface area (Å²) in [4.78, 5) is 0. The van der Waals surface area contributed by atoms with Gasteiger partial charge in [0.05, 0.1) is 24.5 Å². The van der Waals surface area contributed by atoms with Crippen molar-refractivity contribution in [1.82, 2.24) is 9.78 Å². The van der Waals surface area contributed by atoms with Crippen LogP contribution in [-0.2, 0) is 11.8 Å². The number of nitriles is 1. The van der Waals surface area contributed by atoms with E-state index < -0.39 is 12.2 Å². The molecule has 3 atom stereocenters. The Kier molecular flexibility index (Phi) is 4.05. The van der Waals surface area contributed by atoms with E-state index in [0.29, 0.717) is 0 Å². The summed E-state index contributed by atoms with van der Waals surface area (Å²) in [5, 5.41) is 22.4. The largest absolute Gasteiger partial charge is 0.391 e. The minimum absolute atomic E-state index is 0.385. The minimum Gasteiger partial charge on any atom is -0.391 e. The first-order chi connectivity index (χ1) is 7.47. The number of aromatic nitrogens is 2. The molecule has 0 aromatic carbocycles. The Morgan fingerprint density at radius 3 is 2.56 bits per heavy atom. The van der Waals surface area contributed by atoms with E-state index in [0.717, 1.165) is 11.3 Å². The molecule has 0 aliphatic rings. The maximum Gasteiger partial charge on any atom is 0.172 e. The van der Waals surface area contributed by atoms with E-state index in [4.69, 9.17) is 10.00 Å². The fraction of sp³-hybridized carbons (Fsp3) is 0.636. The average Bonchev–Trinajstić information content (AvgIpc) is 2.56. The molecule has 0 bridgehead atoms. The summed E-state index contributed by atoms with van der Waals surface area (Å²) in [6.45, 7) is 5.25. The first-order valence-electron chi connectivity index (χ1n) is 5.19. The van der Waals surface area contributed by atoms with Gasteiger partial charge < -0.3 is 9.84 Å². The van der Waals surface area contributed by atoms with E-state index in [9.17, 15) is 5.11 Å². The van der Waals surface area contributed by atoms with E-state index in [1.807, 2.05) is 14.0 Å². The number of aliphatic hydroxyl groups is 1. The molecule has 5 heteroatoms. The van der Waals surface area contributed by atoms with Crippen LogP contribution in [-0.4, -0.2) is 27.1 Å². The van der Waals surface area contributed by atoms with Crippen LogP contribution < -0.4 is 0 Å².